The SMILES string of the molecule is O=C1S/C(=C\c2ccccc2OCc2ccc(F)cc2)C(=O)N1Cc1ccc2ccccc2c1. The molecule has 5 rings (SSSR count). The predicted octanol–water partition coefficient (Wildman–Crippen LogP) is 6.79. The number of imide groups is 1. The van der Waals surface area contributed by atoms with Crippen LogP contribution < -0.4 is 4.74 Å². The first-order valence-corrected chi connectivity index (χ1v) is 11.6. The molecule has 168 valence electrons. The fraction of sp³-hybridized carbons (Fsp3) is 0.0714. The summed E-state index contributed by atoms with van der Waals surface area (Å²) in [6, 6.07) is 27.3. The van der Waals surface area contributed by atoms with Gasteiger partial charge >= 0.3 is 0 Å². The molecule has 0 aliphatic carbocycles. The van der Waals surface area contributed by atoms with Crippen molar-refractivity contribution in [2.24, 2.45) is 0 Å². The Morgan fingerprint density at radius 2 is 1.53 bits per heavy atom. The fourth-order valence-electron chi connectivity index (χ4n) is 3.77. The number of ether oxygens (including phenoxy) is 1. The number of rotatable bonds is 6. The number of hydrogen-bond donors (Lipinski definition) is 0. The van der Waals surface area contributed by atoms with Crippen LogP contribution in [0.15, 0.2) is 95.9 Å². The van der Waals surface area contributed by atoms with E-state index in [1.54, 1.807) is 24.3 Å². The van der Waals surface area contributed by atoms with Gasteiger partial charge in [-0.25, -0.2) is 4.39 Å². The Kier molecular flexibility index (Phi) is 6.14. The quantitative estimate of drug-likeness (QED) is 0.292. The summed E-state index contributed by atoms with van der Waals surface area (Å²) in [5, 5.41) is 1.88. The van der Waals surface area contributed by atoms with E-state index in [9.17, 15) is 14.0 Å². The highest BCUT2D eigenvalue weighted by atomic mass is 32.2. The van der Waals surface area contributed by atoms with Crippen LogP contribution in [0.2, 0.25) is 0 Å². The third-order valence-corrected chi connectivity index (χ3v) is 6.45. The Balaban J connectivity index is 1.33. The molecule has 4 aromatic rings. The Bertz CT molecular complexity index is 1410. The summed E-state index contributed by atoms with van der Waals surface area (Å²) in [6.07, 6.45) is 1.69. The lowest BCUT2D eigenvalue weighted by Gasteiger charge is -2.13. The van der Waals surface area contributed by atoms with Crippen LogP contribution in [0, 0.1) is 5.82 Å². The number of amides is 2. The van der Waals surface area contributed by atoms with E-state index >= 15 is 0 Å². The van der Waals surface area contributed by atoms with E-state index in [1.165, 1.54) is 17.0 Å². The van der Waals surface area contributed by atoms with Crippen molar-refractivity contribution in [1.29, 1.82) is 0 Å². The number of thioether (sulfide) groups is 1. The minimum Gasteiger partial charge on any atom is -0.488 e. The molecule has 1 heterocycles. The van der Waals surface area contributed by atoms with Gasteiger partial charge in [0, 0.05) is 5.56 Å². The average molecular weight is 470 g/mol. The molecule has 34 heavy (non-hydrogen) atoms. The van der Waals surface area contributed by atoms with Gasteiger partial charge in [0.1, 0.15) is 18.2 Å². The van der Waals surface area contributed by atoms with Gasteiger partial charge in [-0.1, -0.05) is 66.7 Å². The molecule has 6 heteroatoms. The number of hydrogen-bond acceptors (Lipinski definition) is 4. The van der Waals surface area contributed by atoms with Crippen LogP contribution in [-0.4, -0.2) is 16.0 Å². The maximum absolute atomic E-state index is 13.1. The van der Waals surface area contributed by atoms with Gasteiger partial charge in [0.15, 0.2) is 0 Å². The maximum atomic E-state index is 13.1. The molecule has 0 spiro atoms. The molecule has 1 aliphatic rings. The number of para-hydroxylation sites is 1. The van der Waals surface area contributed by atoms with E-state index < -0.39 is 0 Å². The Labute approximate surface area is 200 Å². The van der Waals surface area contributed by atoms with Crippen LogP contribution in [-0.2, 0) is 17.9 Å². The van der Waals surface area contributed by atoms with Crippen molar-refractivity contribution in [1.82, 2.24) is 4.90 Å². The Morgan fingerprint density at radius 3 is 2.35 bits per heavy atom. The van der Waals surface area contributed by atoms with Crippen molar-refractivity contribution in [3.05, 3.63) is 118 Å². The lowest BCUT2D eigenvalue weighted by molar-refractivity contribution is -0.123. The monoisotopic (exact) mass is 469 g/mol. The number of carbonyl (C=O) groups excluding carboxylic acids is 2. The van der Waals surface area contributed by atoms with Gasteiger partial charge in [-0.2, -0.15) is 0 Å². The lowest BCUT2D eigenvalue weighted by Crippen LogP contribution is -2.27. The van der Waals surface area contributed by atoms with E-state index in [0.29, 0.717) is 16.2 Å². The van der Waals surface area contributed by atoms with Gasteiger partial charge in [-0.3, -0.25) is 14.5 Å². The molecule has 4 aromatic carbocycles. The number of carbonyl (C=O) groups is 2. The highest BCUT2D eigenvalue weighted by molar-refractivity contribution is 8.18. The van der Waals surface area contributed by atoms with Crippen molar-refractivity contribution >= 4 is 39.8 Å². The topological polar surface area (TPSA) is 46.6 Å². The summed E-state index contributed by atoms with van der Waals surface area (Å²) in [7, 11) is 0. The van der Waals surface area contributed by atoms with E-state index in [-0.39, 0.29) is 30.1 Å². The van der Waals surface area contributed by atoms with Crippen LogP contribution in [0.4, 0.5) is 9.18 Å². The van der Waals surface area contributed by atoms with Gasteiger partial charge < -0.3 is 4.74 Å². The molecular weight excluding hydrogens is 449 g/mol. The fourth-order valence-corrected chi connectivity index (χ4v) is 4.60. The van der Waals surface area contributed by atoms with Crippen molar-refractivity contribution in [3.8, 4) is 5.75 Å². The molecule has 1 fully saturated rings. The molecule has 0 bridgehead atoms. The summed E-state index contributed by atoms with van der Waals surface area (Å²) < 4.78 is 19.0. The Morgan fingerprint density at radius 1 is 0.824 bits per heavy atom. The third kappa shape index (κ3) is 4.72. The zero-order chi connectivity index (χ0) is 23.5. The summed E-state index contributed by atoms with van der Waals surface area (Å²) in [6.45, 7) is 0.476. The smallest absolute Gasteiger partial charge is 0.293 e. The zero-order valence-electron chi connectivity index (χ0n) is 18.1. The van der Waals surface area contributed by atoms with E-state index in [1.807, 2.05) is 60.7 Å². The third-order valence-electron chi connectivity index (χ3n) is 5.54. The summed E-state index contributed by atoms with van der Waals surface area (Å²) in [5.74, 6) is -0.0479. The minimum absolute atomic E-state index is 0.218. The van der Waals surface area contributed by atoms with E-state index in [0.717, 1.165) is 33.7 Å². The van der Waals surface area contributed by atoms with Crippen LogP contribution in [0.5, 0.6) is 5.75 Å². The second kappa shape index (κ2) is 9.53. The maximum Gasteiger partial charge on any atom is 0.293 e. The van der Waals surface area contributed by atoms with Crippen molar-refractivity contribution < 1.29 is 18.7 Å². The molecule has 0 saturated carbocycles. The van der Waals surface area contributed by atoms with Crippen molar-refractivity contribution in [2.45, 2.75) is 13.2 Å². The number of nitrogens with zero attached hydrogens (tertiary/aromatic N) is 1. The first-order valence-electron chi connectivity index (χ1n) is 10.8. The van der Waals surface area contributed by atoms with Crippen molar-refractivity contribution in [2.75, 3.05) is 0 Å². The second-order valence-corrected chi connectivity index (χ2v) is 8.90. The molecule has 4 nitrogen and oxygen atoms in total. The first kappa shape index (κ1) is 21.9. The molecule has 0 radical (unpaired) electrons. The molecule has 1 saturated heterocycles. The standard InChI is InChI=1S/C28H20FNO3S/c29-24-13-10-19(11-14-24)18-33-25-8-4-3-7-23(25)16-26-27(31)30(28(32)34-26)17-20-9-12-21-5-1-2-6-22(21)15-20/h1-16H,17-18H2/b26-16-. The van der Waals surface area contributed by atoms with Crippen LogP contribution in [0.3, 0.4) is 0 Å². The van der Waals surface area contributed by atoms with E-state index in [4.69, 9.17) is 4.74 Å². The molecular formula is C28H20FNO3S. The number of halogens is 1. The van der Waals surface area contributed by atoms with Crippen molar-refractivity contribution in [3.63, 3.8) is 0 Å². The normalized spacial score (nSPS) is 14.9. The van der Waals surface area contributed by atoms with Crippen LogP contribution in [0.25, 0.3) is 16.8 Å². The largest absolute Gasteiger partial charge is 0.488 e. The van der Waals surface area contributed by atoms with Gasteiger partial charge in [-0.05, 0) is 64.0 Å². The summed E-state index contributed by atoms with van der Waals surface area (Å²) in [4.78, 5) is 27.3. The molecule has 2 amide bonds. The van der Waals surface area contributed by atoms with Gasteiger partial charge in [0.25, 0.3) is 11.1 Å². The highest BCUT2D eigenvalue weighted by Gasteiger charge is 2.35. The van der Waals surface area contributed by atoms with Crippen LogP contribution >= 0.6 is 11.8 Å². The molecule has 0 aromatic heterocycles. The second-order valence-electron chi connectivity index (χ2n) is 7.90. The highest BCUT2D eigenvalue weighted by Crippen LogP contribution is 2.35. The van der Waals surface area contributed by atoms with Gasteiger partial charge in [-0.15, -0.1) is 0 Å². The zero-order valence-corrected chi connectivity index (χ0v) is 18.9. The Hall–Kier alpha value is -3.90. The summed E-state index contributed by atoms with van der Waals surface area (Å²) >= 11 is 0.926. The van der Waals surface area contributed by atoms with Gasteiger partial charge in [0.05, 0.1) is 11.4 Å². The summed E-state index contributed by atoms with van der Waals surface area (Å²) in [5.41, 5.74) is 2.41. The molecule has 0 atom stereocenters. The number of fused-ring (bicyclic) bond motifs is 1. The van der Waals surface area contributed by atoms with Crippen LogP contribution in [0.1, 0.15) is 16.7 Å². The lowest BCUT2D eigenvalue weighted by atomic mass is 10.1. The molecule has 1 aliphatic heterocycles. The van der Waals surface area contributed by atoms with Gasteiger partial charge in [0.2, 0.25) is 0 Å². The average Bonchev–Trinajstić information content (AvgIpc) is 3.11. The molecule has 0 unspecified atom stereocenters. The minimum atomic E-state index is -0.323. The first-order chi connectivity index (χ1) is 16.6. The number of benzene rings is 4. The van der Waals surface area contributed by atoms with E-state index in [2.05, 4.69) is 0 Å². The molecule has 0 N–H and O–H groups in total. The predicted molar refractivity (Wildman–Crippen MR) is 133 cm³/mol.